The molecule has 14 heteroatoms. The number of fused-ring (bicyclic) bond motifs is 1. The zero-order valence-corrected chi connectivity index (χ0v) is 21.2. The van der Waals surface area contributed by atoms with Crippen molar-refractivity contribution in [2.24, 2.45) is 5.73 Å². The van der Waals surface area contributed by atoms with Crippen LogP contribution in [-0.2, 0) is 6.18 Å². The predicted molar refractivity (Wildman–Crippen MR) is 136 cm³/mol. The Hall–Kier alpha value is -5.01. The van der Waals surface area contributed by atoms with E-state index in [9.17, 15) is 22.8 Å². The highest BCUT2D eigenvalue weighted by molar-refractivity contribution is 6.00. The van der Waals surface area contributed by atoms with Gasteiger partial charge in [-0.1, -0.05) is 6.07 Å². The summed E-state index contributed by atoms with van der Waals surface area (Å²) in [4.78, 5) is 35.4. The van der Waals surface area contributed by atoms with E-state index >= 15 is 4.39 Å². The van der Waals surface area contributed by atoms with Crippen molar-refractivity contribution in [3.63, 3.8) is 0 Å². The molecule has 0 aliphatic rings. The Morgan fingerprint density at radius 2 is 1.88 bits per heavy atom. The Morgan fingerprint density at radius 1 is 1.12 bits per heavy atom. The SMILES string of the molecule is Cc1cccc(-n2nc(-c3ccc(Oc4ccnc5[nH]c(=O)n(C(C)C)c45)c(F)c3)c(C(N)=O)c2C(F)(F)F)n1. The van der Waals surface area contributed by atoms with Crippen molar-refractivity contribution in [2.75, 3.05) is 0 Å². The van der Waals surface area contributed by atoms with Gasteiger partial charge in [-0.3, -0.25) is 14.3 Å². The number of nitrogens with two attached hydrogens (primary N) is 1. The Bertz CT molecular complexity index is 1840. The number of carbonyl (C=O) groups excluding carboxylic acids is 1. The van der Waals surface area contributed by atoms with Gasteiger partial charge in [0.05, 0.1) is 5.56 Å². The summed E-state index contributed by atoms with van der Waals surface area (Å²) in [5.74, 6) is -2.75. The number of nitrogens with one attached hydrogen (secondary N) is 1. The van der Waals surface area contributed by atoms with Crippen LogP contribution in [0.3, 0.4) is 0 Å². The van der Waals surface area contributed by atoms with Crippen LogP contribution >= 0.6 is 0 Å². The second-order valence-electron chi connectivity index (χ2n) is 9.13. The molecule has 0 fully saturated rings. The molecule has 4 aromatic heterocycles. The lowest BCUT2D eigenvalue weighted by molar-refractivity contribution is -0.143. The first kappa shape index (κ1) is 26.6. The summed E-state index contributed by atoms with van der Waals surface area (Å²) in [5.41, 5.74) is 2.87. The van der Waals surface area contributed by atoms with Crippen LogP contribution in [0, 0.1) is 12.7 Å². The number of amides is 1. The average molecular weight is 555 g/mol. The summed E-state index contributed by atoms with van der Waals surface area (Å²) >= 11 is 0. The number of aryl methyl sites for hydroxylation is 1. The maximum absolute atomic E-state index is 15.3. The molecule has 0 unspecified atom stereocenters. The third kappa shape index (κ3) is 4.57. The number of carbonyl (C=O) groups is 1. The number of nitrogens with zero attached hydrogens (tertiary/aromatic N) is 5. The minimum absolute atomic E-state index is 0.121. The zero-order chi connectivity index (χ0) is 28.9. The van der Waals surface area contributed by atoms with Gasteiger partial charge in [-0.25, -0.2) is 23.8 Å². The number of aromatic amines is 1. The maximum Gasteiger partial charge on any atom is 0.434 e. The summed E-state index contributed by atoms with van der Waals surface area (Å²) < 4.78 is 65.5. The first-order chi connectivity index (χ1) is 18.9. The Kier molecular flexibility index (Phi) is 6.40. The summed E-state index contributed by atoms with van der Waals surface area (Å²) in [6.45, 7) is 5.13. The number of pyridine rings is 2. The molecule has 10 nitrogen and oxygen atoms in total. The van der Waals surface area contributed by atoms with Gasteiger partial charge in [0.15, 0.2) is 34.5 Å². The van der Waals surface area contributed by atoms with Gasteiger partial charge < -0.3 is 10.5 Å². The van der Waals surface area contributed by atoms with Crippen LogP contribution in [0.4, 0.5) is 17.6 Å². The molecule has 1 amide bonds. The summed E-state index contributed by atoms with van der Waals surface area (Å²) in [6, 6.07) is 8.81. The van der Waals surface area contributed by atoms with Gasteiger partial charge in [0.2, 0.25) is 0 Å². The van der Waals surface area contributed by atoms with Crippen molar-refractivity contribution >= 4 is 17.1 Å². The number of alkyl halides is 3. The first-order valence-corrected chi connectivity index (χ1v) is 11.9. The smallest absolute Gasteiger partial charge is 0.434 e. The van der Waals surface area contributed by atoms with Crippen molar-refractivity contribution in [1.82, 2.24) is 29.3 Å². The van der Waals surface area contributed by atoms with E-state index in [1.54, 1.807) is 26.8 Å². The summed E-state index contributed by atoms with van der Waals surface area (Å²) in [7, 11) is 0. The lowest BCUT2D eigenvalue weighted by Crippen LogP contribution is -2.21. The highest BCUT2D eigenvalue weighted by Crippen LogP contribution is 2.39. The Labute approximate surface area is 223 Å². The normalized spacial score (nSPS) is 11.9. The third-order valence-corrected chi connectivity index (χ3v) is 6.00. The third-order valence-electron chi connectivity index (χ3n) is 6.00. The van der Waals surface area contributed by atoms with Gasteiger partial charge >= 0.3 is 11.9 Å². The molecule has 0 bridgehead atoms. The van der Waals surface area contributed by atoms with Crippen LogP contribution in [-0.4, -0.2) is 35.2 Å². The van der Waals surface area contributed by atoms with Gasteiger partial charge in [-0.2, -0.15) is 18.3 Å². The fraction of sp³-hybridized carbons (Fsp3) is 0.192. The monoisotopic (exact) mass is 555 g/mol. The number of ether oxygens (including phenoxy) is 1. The minimum atomic E-state index is -5.04. The highest BCUT2D eigenvalue weighted by atomic mass is 19.4. The molecule has 206 valence electrons. The molecular weight excluding hydrogens is 534 g/mol. The van der Waals surface area contributed by atoms with Crippen molar-refractivity contribution in [3.05, 3.63) is 81.9 Å². The number of aromatic nitrogens is 6. The summed E-state index contributed by atoms with van der Waals surface area (Å²) in [6.07, 6.45) is -3.67. The quantitative estimate of drug-likeness (QED) is 0.286. The molecule has 4 heterocycles. The van der Waals surface area contributed by atoms with Crippen molar-refractivity contribution in [3.8, 4) is 28.6 Å². The standard InChI is InChI=1S/C26H21F4N7O3/c1-12(2)36-21-17(9-10-32-24(21)34-25(36)39)40-16-8-7-14(11-15(16)27)20-19(23(31)38)22(26(28,29)30)37(35-20)18-6-4-5-13(3)33-18/h4-12H,1-3H3,(H2,31,38)(H,32,34,39). The predicted octanol–water partition coefficient (Wildman–Crippen LogP) is 4.91. The number of H-pyrrole nitrogens is 1. The first-order valence-electron chi connectivity index (χ1n) is 11.9. The second kappa shape index (κ2) is 9.63. The highest BCUT2D eigenvalue weighted by Gasteiger charge is 2.43. The van der Waals surface area contributed by atoms with Crippen molar-refractivity contribution < 1.29 is 27.1 Å². The van der Waals surface area contributed by atoms with Gasteiger partial charge in [0.1, 0.15) is 11.2 Å². The molecule has 5 aromatic rings. The molecule has 3 N–H and O–H groups in total. The minimum Gasteiger partial charge on any atom is -0.452 e. The maximum atomic E-state index is 15.3. The van der Waals surface area contributed by atoms with Crippen LogP contribution in [0.15, 0.2) is 53.5 Å². The lowest BCUT2D eigenvalue weighted by Gasteiger charge is -2.12. The molecule has 0 aliphatic heterocycles. The van der Waals surface area contributed by atoms with E-state index in [0.29, 0.717) is 15.9 Å². The number of hydrogen-bond donors (Lipinski definition) is 2. The average Bonchev–Trinajstić information content (AvgIpc) is 3.44. The van der Waals surface area contributed by atoms with E-state index in [2.05, 4.69) is 20.1 Å². The Morgan fingerprint density at radius 3 is 2.50 bits per heavy atom. The van der Waals surface area contributed by atoms with Crippen molar-refractivity contribution in [1.29, 1.82) is 0 Å². The zero-order valence-electron chi connectivity index (χ0n) is 21.2. The largest absolute Gasteiger partial charge is 0.452 e. The number of imidazole rings is 1. The van der Waals surface area contributed by atoms with Crippen LogP contribution in [0.2, 0.25) is 0 Å². The molecule has 0 spiro atoms. The van der Waals surface area contributed by atoms with Crippen LogP contribution < -0.4 is 16.2 Å². The molecule has 5 rings (SSSR count). The number of primary amides is 1. The topological polar surface area (TPSA) is 134 Å². The number of benzene rings is 1. The van der Waals surface area contributed by atoms with Gasteiger partial charge in [-0.05, 0) is 51.1 Å². The Balaban J connectivity index is 1.63. The van der Waals surface area contributed by atoms with Crippen LogP contribution in [0.25, 0.3) is 28.2 Å². The van der Waals surface area contributed by atoms with Gasteiger partial charge in [0, 0.05) is 29.6 Å². The van der Waals surface area contributed by atoms with Gasteiger partial charge in [0.25, 0.3) is 5.91 Å². The number of halogens is 4. The molecule has 0 aliphatic carbocycles. The number of hydrogen-bond acceptors (Lipinski definition) is 6. The molecule has 1 aromatic carbocycles. The molecular formula is C26H21F4N7O3. The van der Waals surface area contributed by atoms with E-state index < -0.39 is 40.5 Å². The second-order valence-corrected chi connectivity index (χ2v) is 9.13. The molecule has 0 atom stereocenters. The van der Waals surface area contributed by atoms with E-state index in [0.717, 1.165) is 6.07 Å². The fourth-order valence-electron chi connectivity index (χ4n) is 4.38. The van der Waals surface area contributed by atoms with Crippen LogP contribution in [0.1, 0.15) is 41.6 Å². The van der Waals surface area contributed by atoms with Crippen molar-refractivity contribution in [2.45, 2.75) is 33.0 Å². The van der Waals surface area contributed by atoms with E-state index in [4.69, 9.17) is 10.5 Å². The molecule has 0 saturated heterocycles. The fourth-order valence-corrected chi connectivity index (χ4v) is 4.38. The molecule has 0 radical (unpaired) electrons. The summed E-state index contributed by atoms with van der Waals surface area (Å²) in [5, 5.41) is 3.98. The number of rotatable bonds is 6. The van der Waals surface area contributed by atoms with Gasteiger partial charge in [-0.15, -0.1) is 0 Å². The van der Waals surface area contributed by atoms with E-state index in [1.165, 1.54) is 41.1 Å². The molecule has 40 heavy (non-hydrogen) atoms. The van der Waals surface area contributed by atoms with Crippen LogP contribution in [0.5, 0.6) is 11.5 Å². The molecule has 0 saturated carbocycles. The lowest BCUT2D eigenvalue weighted by atomic mass is 10.0. The van der Waals surface area contributed by atoms with E-state index in [-0.39, 0.29) is 34.6 Å². The van der Waals surface area contributed by atoms with E-state index in [1.807, 2.05) is 0 Å².